The number of halogens is 9. The van der Waals surface area contributed by atoms with Gasteiger partial charge in [0, 0.05) is 22.6 Å². The lowest BCUT2D eigenvalue weighted by molar-refractivity contribution is -0.438. The van der Waals surface area contributed by atoms with Gasteiger partial charge in [0.15, 0.2) is 12.5 Å². The van der Waals surface area contributed by atoms with Crippen LogP contribution in [-0.4, -0.2) is 53.6 Å². The van der Waals surface area contributed by atoms with Gasteiger partial charge in [0.1, 0.15) is 0 Å². The fraction of sp³-hybridized carbons (Fsp3) is 0.647. The number of nitrogens with zero attached hydrogens (tertiary/aromatic N) is 1. The van der Waals surface area contributed by atoms with Crippen LogP contribution in [0.1, 0.15) is 25.6 Å². The molecule has 0 unspecified atom stereocenters. The third-order valence-electron chi connectivity index (χ3n) is 4.13. The summed E-state index contributed by atoms with van der Waals surface area (Å²) in [4.78, 5) is 0. The van der Waals surface area contributed by atoms with E-state index in [0.717, 1.165) is 0 Å². The summed E-state index contributed by atoms with van der Waals surface area (Å²) in [7, 11) is -6.54. The molecule has 190 valence electrons. The van der Waals surface area contributed by atoms with Gasteiger partial charge in [-0.2, -0.15) is 39.4 Å². The molecule has 1 aliphatic heterocycles. The summed E-state index contributed by atoms with van der Waals surface area (Å²) in [6, 6.07) is 6.67. The van der Waals surface area contributed by atoms with Crippen LogP contribution in [0, 0.1) is 5.92 Å². The summed E-state index contributed by atoms with van der Waals surface area (Å²) in [5.74, 6) is -0.106. The molecule has 16 heteroatoms. The van der Waals surface area contributed by atoms with Crippen LogP contribution < -0.4 is 0 Å². The zero-order valence-corrected chi connectivity index (χ0v) is 19.8. The highest BCUT2D eigenvalue weighted by atomic mass is 127. The number of ether oxygens (including phenoxy) is 3. The predicted octanol–water partition coefficient (Wildman–Crippen LogP) is 5.17. The minimum Gasteiger partial charge on any atom is -0.351 e. The van der Waals surface area contributed by atoms with Crippen molar-refractivity contribution in [2.24, 2.45) is 5.92 Å². The Hall–Kier alpha value is -0.820. The molecular formula is C17H18F8INO5S. The van der Waals surface area contributed by atoms with Gasteiger partial charge in [-0.25, -0.2) is 13.2 Å². The first-order chi connectivity index (χ1) is 14.8. The van der Waals surface area contributed by atoms with Crippen LogP contribution in [0.2, 0.25) is 0 Å². The van der Waals surface area contributed by atoms with Crippen molar-refractivity contribution in [3.05, 3.63) is 35.9 Å². The molecule has 1 aliphatic rings. The van der Waals surface area contributed by atoms with E-state index in [1.54, 1.807) is 13.8 Å². The zero-order valence-electron chi connectivity index (χ0n) is 16.8. The standard InChI is InChI=1S/C17H18F8INO5S/c1-10(2)9-30-12-8-27(13(31-12)11-6-4-3-5-7-11)33(28,29)17(24,25)16(22,23)32-15(20,21)14(18,19)26/h3-7,10,12-13H,8-9H2,1-2H3/t12-,13-/m1/s1. The van der Waals surface area contributed by atoms with Gasteiger partial charge in [0.2, 0.25) is 0 Å². The van der Waals surface area contributed by atoms with Crippen molar-refractivity contribution < 1.29 is 57.8 Å². The van der Waals surface area contributed by atoms with Crippen LogP contribution in [0.5, 0.6) is 0 Å². The van der Waals surface area contributed by atoms with Gasteiger partial charge in [-0.05, 0) is 11.5 Å². The summed E-state index contributed by atoms with van der Waals surface area (Å²) < 4.78 is 142. The average Bonchev–Trinajstić information content (AvgIpc) is 3.10. The number of benzene rings is 1. The lowest BCUT2D eigenvalue weighted by atomic mass is 10.2. The predicted molar refractivity (Wildman–Crippen MR) is 105 cm³/mol. The van der Waals surface area contributed by atoms with Crippen LogP contribution >= 0.6 is 22.6 Å². The van der Waals surface area contributed by atoms with Crippen molar-refractivity contribution >= 4 is 32.6 Å². The van der Waals surface area contributed by atoms with Gasteiger partial charge in [-0.3, -0.25) is 0 Å². The summed E-state index contributed by atoms with van der Waals surface area (Å²) in [6.07, 6.45) is -16.1. The second-order valence-electron chi connectivity index (χ2n) is 7.28. The Balaban J connectivity index is 2.44. The smallest absolute Gasteiger partial charge is 0.351 e. The third kappa shape index (κ3) is 5.88. The van der Waals surface area contributed by atoms with Crippen molar-refractivity contribution in [1.82, 2.24) is 4.31 Å². The van der Waals surface area contributed by atoms with Gasteiger partial charge in [-0.1, -0.05) is 44.2 Å². The van der Waals surface area contributed by atoms with Gasteiger partial charge < -0.3 is 9.47 Å². The maximum atomic E-state index is 14.5. The van der Waals surface area contributed by atoms with E-state index in [9.17, 15) is 43.5 Å². The first-order valence-corrected chi connectivity index (χ1v) is 11.6. The molecule has 1 saturated heterocycles. The van der Waals surface area contributed by atoms with Crippen molar-refractivity contribution in [3.63, 3.8) is 0 Å². The zero-order chi connectivity index (χ0) is 25.5. The van der Waals surface area contributed by atoms with Crippen molar-refractivity contribution in [2.45, 2.75) is 47.8 Å². The molecule has 0 aromatic heterocycles. The lowest BCUT2D eigenvalue weighted by Crippen LogP contribution is -2.58. The summed E-state index contributed by atoms with van der Waals surface area (Å²) >= 11 is -0.308. The van der Waals surface area contributed by atoms with Gasteiger partial charge in [-0.15, -0.1) is 0 Å². The van der Waals surface area contributed by atoms with Crippen LogP contribution in [0.3, 0.4) is 0 Å². The molecule has 33 heavy (non-hydrogen) atoms. The molecule has 0 spiro atoms. The second-order valence-corrected chi connectivity index (χ2v) is 10.6. The summed E-state index contributed by atoms with van der Waals surface area (Å²) in [6.45, 7) is 2.37. The minimum absolute atomic E-state index is 0.0211. The highest BCUT2D eigenvalue weighted by Crippen LogP contribution is 2.51. The maximum absolute atomic E-state index is 14.5. The maximum Gasteiger partial charge on any atom is 0.449 e. The Labute approximate surface area is 197 Å². The van der Waals surface area contributed by atoms with Crippen LogP contribution in [0.25, 0.3) is 0 Å². The first kappa shape index (κ1) is 28.4. The molecular weight excluding hydrogens is 609 g/mol. The van der Waals surface area contributed by atoms with Gasteiger partial charge >= 0.3 is 21.4 Å². The molecule has 0 aliphatic carbocycles. The Kier molecular flexibility index (Phi) is 8.33. The van der Waals surface area contributed by atoms with Gasteiger partial charge in [0.25, 0.3) is 10.0 Å². The molecule has 0 amide bonds. The van der Waals surface area contributed by atoms with E-state index >= 15 is 0 Å². The largest absolute Gasteiger partial charge is 0.449 e. The van der Waals surface area contributed by atoms with E-state index in [2.05, 4.69) is 4.74 Å². The SMILES string of the molecule is CC(C)CO[C@H]1CN(S(=O)(=O)C(F)(F)C(F)(F)OC(F)(F)C(F)(F)I)[C@@H](c2ccccc2)O1. The molecule has 0 bridgehead atoms. The highest BCUT2D eigenvalue weighted by molar-refractivity contribution is 14.1. The Morgan fingerprint density at radius 2 is 1.61 bits per heavy atom. The van der Waals surface area contributed by atoms with E-state index in [0.29, 0.717) is 0 Å². The molecule has 1 heterocycles. The van der Waals surface area contributed by atoms with Crippen molar-refractivity contribution in [3.8, 4) is 0 Å². The molecule has 0 N–H and O–H groups in total. The Morgan fingerprint density at radius 3 is 2.09 bits per heavy atom. The van der Waals surface area contributed by atoms with E-state index in [1.165, 1.54) is 30.3 Å². The van der Waals surface area contributed by atoms with Crippen LogP contribution in [0.15, 0.2) is 30.3 Å². The molecule has 1 aromatic carbocycles. The van der Waals surface area contributed by atoms with Crippen LogP contribution in [-0.2, 0) is 24.2 Å². The topological polar surface area (TPSA) is 65.1 Å². The second kappa shape index (κ2) is 9.67. The fourth-order valence-corrected chi connectivity index (χ4v) is 4.04. The number of hydrogen-bond donors (Lipinski definition) is 0. The monoisotopic (exact) mass is 627 g/mol. The van der Waals surface area contributed by atoms with Crippen molar-refractivity contribution in [2.75, 3.05) is 13.2 Å². The molecule has 0 saturated carbocycles. The summed E-state index contributed by atoms with van der Waals surface area (Å²) in [5, 5.41) is -6.39. The number of rotatable bonds is 10. The molecule has 1 fully saturated rings. The number of alkyl halides is 9. The highest BCUT2D eigenvalue weighted by Gasteiger charge is 2.75. The number of hydrogen-bond acceptors (Lipinski definition) is 5. The first-order valence-electron chi connectivity index (χ1n) is 9.07. The molecule has 1 aromatic rings. The van der Waals surface area contributed by atoms with E-state index in [1.807, 2.05) is 0 Å². The van der Waals surface area contributed by atoms with Crippen LogP contribution in [0.4, 0.5) is 35.1 Å². The fourth-order valence-electron chi connectivity index (χ4n) is 2.55. The van der Waals surface area contributed by atoms with Crippen molar-refractivity contribution in [1.29, 1.82) is 0 Å². The van der Waals surface area contributed by atoms with E-state index in [4.69, 9.17) is 9.47 Å². The molecule has 0 radical (unpaired) electrons. The molecule has 2 rings (SSSR count). The molecule has 2 atom stereocenters. The third-order valence-corrected chi connectivity index (χ3v) is 6.60. The number of sulfonamides is 1. The van der Waals surface area contributed by atoms with Gasteiger partial charge in [0.05, 0.1) is 13.2 Å². The molecule has 6 nitrogen and oxygen atoms in total. The average molecular weight is 627 g/mol. The lowest BCUT2D eigenvalue weighted by Gasteiger charge is -2.33. The Bertz CT molecular complexity index is 914. The van der Waals surface area contributed by atoms with E-state index in [-0.39, 0.29) is 45.0 Å². The quantitative estimate of drug-likeness (QED) is 0.204. The Morgan fingerprint density at radius 1 is 1.06 bits per heavy atom. The minimum atomic E-state index is -6.55. The normalized spacial score (nSPS) is 21.7. The summed E-state index contributed by atoms with van der Waals surface area (Å²) in [5.41, 5.74) is -0.0686. The van der Waals surface area contributed by atoms with E-state index < -0.39 is 50.5 Å².